The Morgan fingerprint density at radius 1 is 1.09 bits per heavy atom. The molecule has 4 aromatic rings. The highest BCUT2D eigenvalue weighted by Crippen LogP contribution is 2.43. The van der Waals surface area contributed by atoms with Gasteiger partial charge in [-0.15, -0.1) is 11.3 Å². The largest absolute Gasteiger partial charge is 0.495 e. The smallest absolute Gasteiger partial charge is 0.192 e. The molecule has 0 spiro atoms. The number of aromatic nitrogens is 1. The van der Waals surface area contributed by atoms with E-state index < -0.39 is 0 Å². The molecule has 1 aromatic heterocycles. The highest BCUT2D eigenvalue weighted by Gasteiger charge is 2.23. The molecule has 2 heterocycles. The van der Waals surface area contributed by atoms with E-state index in [0.29, 0.717) is 13.2 Å². The van der Waals surface area contributed by atoms with Gasteiger partial charge in [-0.05, 0) is 65.5 Å². The van der Waals surface area contributed by atoms with E-state index in [4.69, 9.17) is 9.47 Å². The van der Waals surface area contributed by atoms with E-state index in [-0.39, 0.29) is 5.82 Å². The molecule has 0 saturated carbocycles. The van der Waals surface area contributed by atoms with Gasteiger partial charge in [-0.3, -0.25) is 0 Å². The molecule has 0 amide bonds. The lowest BCUT2D eigenvalue weighted by molar-refractivity contribution is 0.312. The molecular weight excluding hydrogens is 445 g/mol. The van der Waals surface area contributed by atoms with Crippen LogP contribution in [0.3, 0.4) is 0 Å². The number of hydrogen-bond acceptors (Lipinski definition) is 7. The van der Waals surface area contributed by atoms with Crippen LogP contribution in [0.15, 0.2) is 77.1 Å². The number of hydrogen-bond donors (Lipinski definition) is 1. The maximum absolute atomic E-state index is 13.7. The number of thiazole rings is 1. The molecule has 5 nitrogen and oxygen atoms in total. The SMILES string of the molecule is COc1cc(-c2cccc(F)c2)ccc1N1CCOc2cc(SNc3nccs3)ccc21. The van der Waals surface area contributed by atoms with Crippen LogP contribution >= 0.6 is 23.3 Å². The quantitative estimate of drug-likeness (QED) is 0.324. The van der Waals surface area contributed by atoms with Crippen LogP contribution in [0.4, 0.5) is 20.9 Å². The Morgan fingerprint density at radius 3 is 2.78 bits per heavy atom. The zero-order valence-electron chi connectivity index (χ0n) is 17.2. The predicted molar refractivity (Wildman–Crippen MR) is 129 cm³/mol. The Balaban J connectivity index is 1.43. The number of fused-ring (bicyclic) bond motifs is 1. The molecule has 1 aliphatic heterocycles. The lowest BCUT2D eigenvalue weighted by atomic mass is 10.0. The van der Waals surface area contributed by atoms with Gasteiger partial charge in [0.2, 0.25) is 0 Å². The maximum atomic E-state index is 13.7. The third kappa shape index (κ3) is 4.24. The lowest BCUT2D eigenvalue weighted by Crippen LogP contribution is -2.28. The van der Waals surface area contributed by atoms with E-state index in [0.717, 1.165) is 44.0 Å². The molecule has 0 atom stereocenters. The highest BCUT2D eigenvalue weighted by atomic mass is 32.2. The molecule has 0 aliphatic carbocycles. The summed E-state index contributed by atoms with van der Waals surface area (Å²) in [4.78, 5) is 7.46. The monoisotopic (exact) mass is 465 g/mol. The molecule has 32 heavy (non-hydrogen) atoms. The third-order valence-electron chi connectivity index (χ3n) is 5.11. The molecule has 0 bridgehead atoms. The molecule has 8 heteroatoms. The average Bonchev–Trinajstić information content (AvgIpc) is 3.35. The number of benzene rings is 3. The van der Waals surface area contributed by atoms with Crippen LogP contribution in [0.5, 0.6) is 11.5 Å². The molecule has 3 aromatic carbocycles. The molecule has 0 saturated heterocycles. The first-order valence-corrected chi connectivity index (χ1v) is 11.7. The van der Waals surface area contributed by atoms with Gasteiger partial charge < -0.3 is 19.1 Å². The minimum absolute atomic E-state index is 0.259. The van der Waals surface area contributed by atoms with Gasteiger partial charge in [-0.1, -0.05) is 18.2 Å². The van der Waals surface area contributed by atoms with E-state index >= 15 is 0 Å². The van der Waals surface area contributed by atoms with Gasteiger partial charge in [-0.25, -0.2) is 9.37 Å². The molecule has 0 fully saturated rings. The number of nitrogens with zero attached hydrogens (tertiary/aromatic N) is 2. The van der Waals surface area contributed by atoms with Gasteiger partial charge in [-0.2, -0.15) is 0 Å². The molecule has 5 rings (SSSR count). The van der Waals surface area contributed by atoms with Crippen LogP contribution in [-0.4, -0.2) is 25.2 Å². The number of rotatable bonds is 6. The van der Waals surface area contributed by atoms with Crippen molar-refractivity contribution in [2.24, 2.45) is 0 Å². The number of ether oxygens (including phenoxy) is 2. The van der Waals surface area contributed by atoms with Crippen LogP contribution in [0.1, 0.15) is 0 Å². The van der Waals surface area contributed by atoms with Gasteiger partial charge >= 0.3 is 0 Å². The number of nitrogens with one attached hydrogen (secondary N) is 1. The van der Waals surface area contributed by atoms with Crippen LogP contribution in [0, 0.1) is 5.82 Å². The van der Waals surface area contributed by atoms with Crippen molar-refractivity contribution >= 4 is 39.8 Å². The second-order valence-electron chi connectivity index (χ2n) is 7.07. The lowest BCUT2D eigenvalue weighted by Gasteiger charge is -2.32. The van der Waals surface area contributed by atoms with Crippen molar-refractivity contribution in [3.05, 3.63) is 78.1 Å². The van der Waals surface area contributed by atoms with Gasteiger partial charge in [0.25, 0.3) is 0 Å². The van der Waals surface area contributed by atoms with Crippen LogP contribution in [-0.2, 0) is 0 Å². The summed E-state index contributed by atoms with van der Waals surface area (Å²) in [5.74, 6) is 1.28. The normalized spacial score (nSPS) is 12.8. The van der Waals surface area contributed by atoms with Gasteiger partial charge in [0, 0.05) is 16.5 Å². The van der Waals surface area contributed by atoms with Gasteiger partial charge in [0.15, 0.2) is 5.13 Å². The highest BCUT2D eigenvalue weighted by molar-refractivity contribution is 8.00. The predicted octanol–water partition coefficient (Wildman–Crippen LogP) is 6.61. The summed E-state index contributed by atoms with van der Waals surface area (Å²) in [7, 11) is 1.65. The van der Waals surface area contributed by atoms with E-state index in [1.54, 1.807) is 30.7 Å². The second-order valence-corrected chi connectivity index (χ2v) is 8.84. The molecule has 0 unspecified atom stereocenters. The van der Waals surface area contributed by atoms with Crippen LogP contribution in [0.25, 0.3) is 11.1 Å². The zero-order valence-corrected chi connectivity index (χ0v) is 18.9. The van der Waals surface area contributed by atoms with Crippen molar-refractivity contribution in [1.82, 2.24) is 4.98 Å². The van der Waals surface area contributed by atoms with E-state index in [1.165, 1.54) is 24.1 Å². The Morgan fingerprint density at radius 2 is 1.97 bits per heavy atom. The fourth-order valence-corrected chi connectivity index (χ4v) is 4.89. The van der Waals surface area contributed by atoms with Gasteiger partial charge in [0.1, 0.15) is 23.9 Å². The summed E-state index contributed by atoms with van der Waals surface area (Å²) in [6.07, 6.45) is 1.77. The number of methoxy groups -OCH3 is 1. The first kappa shape index (κ1) is 20.7. The Hall–Kier alpha value is -3.23. The molecule has 1 aliphatic rings. The van der Waals surface area contributed by atoms with Crippen LogP contribution in [0.2, 0.25) is 0 Å². The van der Waals surface area contributed by atoms with Crippen molar-refractivity contribution in [3.63, 3.8) is 0 Å². The van der Waals surface area contributed by atoms with Crippen molar-refractivity contribution < 1.29 is 13.9 Å². The minimum Gasteiger partial charge on any atom is -0.495 e. The average molecular weight is 466 g/mol. The fourth-order valence-electron chi connectivity index (χ4n) is 3.64. The van der Waals surface area contributed by atoms with Gasteiger partial charge in [0.05, 0.1) is 25.0 Å². The molecule has 1 N–H and O–H groups in total. The van der Waals surface area contributed by atoms with E-state index in [2.05, 4.69) is 26.7 Å². The summed E-state index contributed by atoms with van der Waals surface area (Å²) in [5.41, 5.74) is 3.63. The summed E-state index contributed by atoms with van der Waals surface area (Å²) in [6, 6.07) is 18.7. The Kier molecular flexibility index (Phi) is 5.87. The van der Waals surface area contributed by atoms with E-state index in [1.807, 2.05) is 35.7 Å². The topological polar surface area (TPSA) is 46.6 Å². The summed E-state index contributed by atoms with van der Waals surface area (Å²) >= 11 is 3.06. The van der Waals surface area contributed by atoms with Crippen LogP contribution < -0.4 is 19.1 Å². The summed E-state index contributed by atoms with van der Waals surface area (Å²) in [6.45, 7) is 1.27. The molecule has 0 radical (unpaired) electrons. The Labute approximate surface area is 194 Å². The maximum Gasteiger partial charge on any atom is 0.192 e. The van der Waals surface area contributed by atoms with Crippen molar-refractivity contribution in [2.75, 3.05) is 29.9 Å². The first-order chi connectivity index (χ1) is 15.7. The number of halogens is 1. The standard InChI is InChI=1S/C24H20FN3O2S2/c1-29-22-14-17(16-3-2-4-18(25)13-16)5-7-20(22)28-10-11-30-23-15-19(6-8-21(23)28)32-27-24-26-9-12-31-24/h2-9,12-15H,10-11H2,1H3,(H,26,27). The number of anilines is 3. The fraction of sp³-hybridized carbons (Fsp3) is 0.125. The third-order valence-corrected chi connectivity index (χ3v) is 6.71. The van der Waals surface area contributed by atoms with Crippen molar-refractivity contribution in [1.29, 1.82) is 0 Å². The van der Waals surface area contributed by atoms with E-state index in [9.17, 15) is 4.39 Å². The molecular formula is C24H20FN3O2S2. The second kappa shape index (κ2) is 9.10. The first-order valence-electron chi connectivity index (χ1n) is 10.0. The Bertz CT molecular complexity index is 1230. The summed E-state index contributed by atoms with van der Waals surface area (Å²) < 4.78 is 28.6. The van der Waals surface area contributed by atoms with Crippen molar-refractivity contribution in [3.8, 4) is 22.6 Å². The van der Waals surface area contributed by atoms with Crippen molar-refractivity contribution in [2.45, 2.75) is 4.90 Å². The zero-order chi connectivity index (χ0) is 21.9. The molecule has 162 valence electrons. The minimum atomic E-state index is -0.259. The summed E-state index contributed by atoms with van der Waals surface area (Å²) in [5, 5.41) is 2.79.